The summed E-state index contributed by atoms with van der Waals surface area (Å²) in [5.41, 5.74) is 8.10. The molecular weight excluding hydrogens is 280 g/mol. The minimum Gasteiger partial charge on any atom is -0.493 e. The number of benzene rings is 1. The zero-order chi connectivity index (χ0) is 15.2. The fourth-order valence-electron chi connectivity index (χ4n) is 2.06. The molecule has 2 N–H and O–H groups in total. The van der Waals surface area contributed by atoms with Crippen LogP contribution in [-0.2, 0) is 13.0 Å². The second-order valence-corrected chi connectivity index (χ2v) is 6.66. The standard InChI is InChI=1S/C17H24N2OS/c1-4-5-15-16(10-18)21-17(19-15)13-6-8-14(9-7-13)20-11-12(2)3/h6-9,12H,4-5,10-11,18H2,1-3H3. The van der Waals surface area contributed by atoms with Crippen LogP contribution in [0.25, 0.3) is 10.6 Å². The quantitative estimate of drug-likeness (QED) is 0.831. The van der Waals surface area contributed by atoms with Crippen molar-refractivity contribution < 1.29 is 4.74 Å². The molecular formula is C17H24N2OS. The Morgan fingerprint density at radius 1 is 1.24 bits per heavy atom. The van der Waals surface area contributed by atoms with E-state index in [4.69, 9.17) is 15.5 Å². The van der Waals surface area contributed by atoms with Crippen LogP contribution in [0, 0.1) is 5.92 Å². The van der Waals surface area contributed by atoms with Crippen LogP contribution in [0.5, 0.6) is 5.75 Å². The smallest absolute Gasteiger partial charge is 0.123 e. The van der Waals surface area contributed by atoms with Crippen LogP contribution in [0.1, 0.15) is 37.8 Å². The lowest BCUT2D eigenvalue weighted by Gasteiger charge is -2.08. The van der Waals surface area contributed by atoms with Crippen molar-refractivity contribution >= 4 is 11.3 Å². The van der Waals surface area contributed by atoms with Gasteiger partial charge in [0, 0.05) is 17.0 Å². The van der Waals surface area contributed by atoms with Crippen molar-refractivity contribution in [2.24, 2.45) is 11.7 Å². The molecule has 0 radical (unpaired) electrons. The van der Waals surface area contributed by atoms with Crippen molar-refractivity contribution in [2.45, 2.75) is 40.2 Å². The minimum atomic E-state index is 0.535. The van der Waals surface area contributed by atoms with Crippen LogP contribution in [0.4, 0.5) is 0 Å². The summed E-state index contributed by atoms with van der Waals surface area (Å²) in [5.74, 6) is 1.45. The Balaban J connectivity index is 2.14. The average Bonchev–Trinajstić information content (AvgIpc) is 2.89. The molecule has 0 saturated heterocycles. The molecule has 0 spiro atoms. The lowest BCUT2D eigenvalue weighted by Crippen LogP contribution is -2.04. The van der Waals surface area contributed by atoms with Crippen molar-refractivity contribution in [2.75, 3.05) is 6.61 Å². The number of ether oxygens (including phenoxy) is 1. The predicted octanol–water partition coefficient (Wildman–Crippen LogP) is 4.26. The fraction of sp³-hybridized carbons (Fsp3) is 0.471. The molecule has 0 bridgehead atoms. The zero-order valence-corrected chi connectivity index (χ0v) is 13.9. The van der Waals surface area contributed by atoms with E-state index in [0.717, 1.165) is 41.5 Å². The molecule has 2 rings (SSSR count). The number of aryl methyl sites for hydroxylation is 1. The average molecular weight is 304 g/mol. The molecule has 21 heavy (non-hydrogen) atoms. The van der Waals surface area contributed by atoms with Gasteiger partial charge in [0.05, 0.1) is 12.3 Å². The van der Waals surface area contributed by atoms with E-state index in [9.17, 15) is 0 Å². The normalized spacial score (nSPS) is 11.1. The molecule has 0 aliphatic rings. The highest BCUT2D eigenvalue weighted by Crippen LogP contribution is 2.29. The summed E-state index contributed by atoms with van der Waals surface area (Å²) in [6, 6.07) is 8.18. The van der Waals surface area contributed by atoms with Crippen molar-refractivity contribution in [3.05, 3.63) is 34.8 Å². The molecule has 0 atom stereocenters. The van der Waals surface area contributed by atoms with E-state index < -0.39 is 0 Å². The van der Waals surface area contributed by atoms with Crippen molar-refractivity contribution in [3.63, 3.8) is 0 Å². The van der Waals surface area contributed by atoms with E-state index >= 15 is 0 Å². The van der Waals surface area contributed by atoms with Gasteiger partial charge in [0.15, 0.2) is 0 Å². The van der Waals surface area contributed by atoms with E-state index in [1.165, 1.54) is 4.88 Å². The highest BCUT2D eigenvalue weighted by molar-refractivity contribution is 7.15. The van der Waals surface area contributed by atoms with Gasteiger partial charge in [-0.05, 0) is 36.6 Å². The second kappa shape index (κ2) is 7.57. The Morgan fingerprint density at radius 2 is 1.95 bits per heavy atom. The van der Waals surface area contributed by atoms with Crippen LogP contribution in [0.15, 0.2) is 24.3 Å². The summed E-state index contributed by atoms with van der Waals surface area (Å²) in [5, 5.41) is 1.05. The number of nitrogens with zero attached hydrogens (tertiary/aromatic N) is 1. The monoisotopic (exact) mass is 304 g/mol. The summed E-state index contributed by atoms with van der Waals surface area (Å²) in [4.78, 5) is 5.94. The zero-order valence-electron chi connectivity index (χ0n) is 13.1. The largest absolute Gasteiger partial charge is 0.493 e. The Kier molecular flexibility index (Phi) is 5.76. The van der Waals surface area contributed by atoms with Gasteiger partial charge in [0.25, 0.3) is 0 Å². The van der Waals surface area contributed by atoms with Crippen LogP contribution < -0.4 is 10.5 Å². The van der Waals surface area contributed by atoms with E-state index in [0.29, 0.717) is 12.5 Å². The fourth-order valence-corrected chi connectivity index (χ4v) is 3.05. The summed E-state index contributed by atoms with van der Waals surface area (Å²) in [6.45, 7) is 7.78. The third kappa shape index (κ3) is 4.29. The highest BCUT2D eigenvalue weighted by Gasteiger charge is 2.11. The molecule has 0 fully saturated rings. The number of aromatic nitrogens is 1. The van der Waals surface area contributed by atoms with Crippen LogP contribution in [0.3, 0.4) is 0 Å². The molecule has 4 heteroatoms. The number of rotatable bonds is 7. The number of thiazole rings is 1. The van der Waals surface area contributed by atoms with Gasteiger partial charge in [-0.25, -0.2) is 4.98 Å². The molecule has 2 aromatic rings. The third-order valence-corrected chi connectivity index (χ3v) is 4.30. The van der Waals surface area contributed by atoms with Crippen molar-refractivity contribution in [1.29, 1.82) is 0 Å². The van der Waals surface area contributed by atoms with Gasteiger partial charge in [-0.15, -0.1) is 11.3 Å². The van der Waals surface area contributed by atoms with E-state index in [1.807, 2.05) is 12.1 Å². The van der Waals surface area contributed by atoms with Gasteiger partial charge in [-0.2, -0.15) is 0 Å². The van der Waals surface area contributed by atoms with Gasteiger partial charge in [0.1, 0.15) is 10.8 Å². The van der Waals surface area contributed by atoms with Crippen molar-refractivity contribution in [3.8, 4) is 16.3 Å². The maximum absolute atomic E-state index is 5.81. The maximum atomic E-state index is 5.81. The maximum Gasteiger partial charge on any atom is 0.123 e. The van der Waals surface area contributed by atoms with Crippen molar-refractivity contribution in [1.82, 2.24) is 4.98 Å². The van der Waals surface area contributed by atoms with Crippen LogP contribution in [0.2, 0.25) is 0 Å². The first-order valence-electron chi connectivity index (χ1n) is 7.56. The number of hydrogen-bond acceptors (Lipinski definition) is 4. The minimum absolute atomic E-state index is 0.535. The van der Waals surface area contributed by atoms with E-state index in [-0.39, 0.29) is 0 Å². The molecule has 114 valence electrons. The first kappa shape index (κ1) is 16.0. The summed E-state index contributed by atoms with van der Waals surface area (Å²) in [7, 11) is 0. The summed E-state index contributed by atoms with van der Waals surface area (Å²) in [6.07, 6.45) is 2.09. The Labute approximate surface area is 131 Å². The topological polar surface area (TPSA) is 48.1 Å². The summed E-state index contributed by atoms with van der Waals surface area (Å²) < 4.78 is 5.71. The van der Waals surface area contributed by atoms with Gasteiger partial charge in [-0.3, -0.25) is 0 Å². The first-order chi connectivity index (χ1) is 10.1. The van der Waals surface area contributed by atoms with Crippen LogP contribution in [-0.4, -0.2) is 11.6 Å². The van der Waals surface area contributed by atoms with Gasteiger partial charge < -0.3 is 10.5 Å². The summed E-state index contributed by atoms with van der Waals surface area (Å²) >= 11 is 1.70. The Morgan fingerprint density at radius 3 is 2.52 bits per heavy atom. The third-order valence-electron chi connectivity index (χ3n) is 3.14. The van der Waals surface area contributed by atoms with E-state index in [1.54, 1.807) is 11.3 Å². The van der Waals surface area contributed by atoms with E-state index in [2.05, 4.69) is 32.9 Å². The molecule has 3 nitrogen and oxygen atoms in total. The van der Waals surface area contributed by atoms with Crippen LogP contribution >= 0.6 is 11.3 Å². The Bertz CT molecular complexity index is 561. The predicted molar refractivity (Wildman–Crippen MR) is 89.8 cm³/mol. The molecule has 1 aromatic carbocycles. The molecule has 1 aromatic heterocycles. The molecule has 1 heterocycles. The molecule has 0 aliphatic heterocycles. The molecule has 0 amide bonds. The highest BCUT2D eigenvalue weighted by atomic mass is 32.1. The Hall–Kier alpha value is -1.39. The molecule has 0 unspecified atom stereocenters. The van der Waals surface area contributed by atoms with Gasteiger partial charge >= 0.3 is 0 Å². The molecule has 0 saturated carbocycles. The lowest BCUT2D eigenvalue weighted by molar-refractivity contribution is 0.271. The van der Waals surface area contributed by atoms with Gasteiger partial charge in [0.2, 0.25) is 0 Å². The SMILES string of the molecule is CCCc1nc(-c2ccc(OCC(C)C)cc2)sc1CN. The second-order valence-electron chi connectivity index (χ2n) is 5.57. The lowest BCUT2D eigenvalue weighted by atomic mass is 10.2. The van der Waals surface area contributed by atoms with Gasteiger partial charge in [-0.1, -0.05) is 27.2 Å². The number of nitrogens with two attached hydrogens (primary N) is 1. The number of hydrogen-bond donors (Lipinski definition) is 1. The molecule has 0 aliphatic carbocycles. The first-order valence-corrected chi connectivity index (χ1v) is 8.37.